The highest BCUT2D eigenvalue weighted by atomic mass is 79.9. The van der Waals surface area contributed by atoms with Crippen LogP contribution in [-0.4, -0.2) is 11.9 Å². The van der Waals surface area contributed by atoms with Gasteiger partial charge in [-0.15, -0.1) is 0 Å². The fourth-order valence-corrected chi connectivity index (χ4v) is 1.75. The zero-order valence-electron chi connectivity index (χ0n) is 9.53. The molecule has 17 heavy (non-hydrogen) atoms. The molecule has 5 heteroatoms. The lowest BCUT2D eigenvalue weighted by Crippen LogP contribution is -2.26. The molecule has 3 N–H and O–H groups in total. The molecule has 1 unspecified atom stereocenters. The van der Waals surface area contributed by atoms with Gasteiger partial charge in [0.25, 0.3) is 0 Å². The van der Waals surface area contributed by atoms with Gasteiger partial charge in [-0.2, -0.15) is 5.26 Å². The van der Waals surface area contributed by atoms with E-state index >= 15 is 0 Å². The fraction of sp³-hybridized carbons (Fsp3) is 0.333. The lowest BCUT2D eigenvalue weighted by atomic mass is 10.1. The molecule has 0 saturated carbocycles. The fourth-order valence-electron chi connectivity index (χ4n) is 1.27. The van der Waals surface area contributed by atoms with Crippen molar-refractivity contribution in [3.63, 3.8) is 0 Å². The van der Waals surface area contributed by atoms with E-state index in [1.807, 2.05) is 13.0 Å². The summed E-state index contributed by atoms with van der Waals surface area (Å²) in [6.45, 7) is 1.94. The van der Waals surface area contributed by atoms with E-state index in [1.165, 1.54) is 0 Å². The summed E-state index contributed by atoms with van der Waals surface area (Å²) in [4.78, 5) is 11.6. The number of hydrogen-bond acceptors (Lipinski definition) is 3. The predicted octanol–water partition coefficient (Wildman–Crippen LogP) is 2.39. The van der Waals surface area contributed by atoms with Crippen LogP contribution in [0.5, 0.6) is 0 Å². The number of amides is 1. The molecule has 0 radical (unpaired) electrons. The molecule has 4 nitrogen and oxygen atoms in total. The van der Waals surface area contributed by atoms with Crippen molar-refractivity contribution >= 4 is 27.5 Å². The van der Waals surface area contributed by atoms with E-state index in [0.717, 1.165) is 6.42 Å². The molecule has 0 saturated heterocycles. The molecule has 1 atom stereocenters. The summed E-state index contributed by atoms with van der Waals surface area (Å²) in [5.41, 5.74) is 6.89. The summed E-state index contributed by atoms with van der Waals surface area (Å²) in [7, 11) is 0. The summed E-state index contributed by atoms with van der Waals surface area (Å²) in [5.74, 6) is -0.121. The maximum atomic E-state index is 11.6. The molecule has 0 fully saturated rings. The number of rotatable bonds is 4. The normalized spacial score (nSPS) is 11.6. The summed E-state index contributed by atoms with van der Waals surface area (Å²) in [6.07, 6.45) is 1.06. The Morgan fingerprint density at radius 2 is 2.35 bits per heavy atom. The lowest BCUT2D eigenvalue weighted by molar-refractivity contribution is -0.116. The van der Waals surface area contributed by atoms with Gasteiger partial charge in [-0.05, 0) is 40.5 Å². The summed E-state index contributed by atoms with van der Waals surface area (Å²) in [5, 5.41) is 11.5. The van der Waals surface area contributed by atoms with Crippen molar-refractivity contribution in [2.45, 2.75) is 25.8 Å². The van der Waals surface area contributed by atoms with Crippen molar-refractivity contribution in [3.05, 3.63) is 28.2 Å². The van der Waals surface area contributed by atoms with Gasteiger partial charge in [0.2, 0.25) is 5.91 Å². The van der Waals surface area contributed by atoms with Crippen LogP contribution in [0.25, 0.3) is 0 Å². The van der Waals surface area contributed by atoms with Gasteiger partial charge >= 0.3 is 0 Å². The van der Waals surface area contributed by atoms with Gasteiger partial charge in [0.05, 0.1) is 17.3 Å². The van der Waals surface area contributed by atoms with Crippen molar-refractivity contribution in [2.24, 2.45) is 5.73 Å². The Bertz CT molecular complexity index is 454. The molecule has 1 amide bonds. The lowest BCUT2D eigenvalue weighted by Gasteiger charge is -2.10. The minimum Gasteiger partial charge on any atom is -0.327 e. The number of nitrogens with zero attached hydrogens (tertiary/aromatic N) is 1. The second kappa shape index (κ2) is 6.38. The molecule has 0 aliphatic rings. The first-order valence-electron chi connectivity index (χ1n) is 5.32. The van der Waals surface area contributed by atoms with E-state index in [4.69, 9.17) is 11.0 Å². The number of carbonyl (C=O) groups is 1. The van der Waals surface area contributed by atoms with E-state index in [-0.39, 0.29) is 11.9 Å². The molecule has 0 aliphatic heterocycles. The van der Waals surface area contributed by atoms with Crippen LogP contribution in [0, 0.1) is 11.3 Å². The third-order valence-electron chi connectivity index (χ3n) is 2.34. The second-order valence-corrected chi connectivity index (χ2v) is 4.58. The third-order valence-corrected chi connectivity index (χ3v) is 3.00. The van der Waals surface area contributed by atoms with Crippen molar-refractivity contribution in [1.29, 1.82) is 5.26 Å². The van der Waals surface area contributed by atoms with Gasteiger partial charge in [-0.25, -0.2) is 0 Å². The van der Waals surface area contributed by atoms with E-state index in [0.29, 0.717) is 22.1 Å². The molecule has 90 valence electrons. The maximum Gasteiger partial charge on any atom is 0.225 e. The van der Waals surface area contributed by atoms with Crippen LogP contribution in [0.3, 0.4) is 0 Å². The van der Waals surface area contributed by atoms with Crippen LogP contribution in [-0.2, 0) is 4.79 Å². The third kappa shape index (κ3) is 4.17. The maximum absolute atomic E-state index is 11.6. The van der Waals surface area contributed by atoms with Crippen molar-refractivity contribution < 1.29 is 4.79 Å². The van der Waals surface area contributed by atoms with Crippen LogP contribution >= 0.6 is 15.9 Å². The van der Waals surface area contributed by atoms with E-state index in [1.54, 1.807) is 18.2 Å². The first-order chi connectivity index (χ1) is 8.06. The van der Waals surface area contributed by atoms with Gasteiger partial charge in [0.1, 0.15) is 0 Å². The van der Waals surface area contributed by atoms with Gasteiger partial charge in [-0.3, -0.25) is 4.79 Å². The largest absolute Gasteiger partial charge is 0.327 e. The Morgan fingerprint density at radius 3 is 2.88 bits per heavy atom. The minimum absolute atomic E-state index is 0.118. The number of anilines is 1. The van der Waals surface area contributed by atoms with Crippen LogP contribution < -0.4 is 11.1 Å². The van der Waals surface area contributed by atoms with Crippen LogP contribution in [0.1, 0.15) is 25.3 Å². The number of halogens is 1. The minimum atomic E-state index is -0.121. The number of carbonyl (C=O) groups excluding carboxylic acids is 1. The number of hydrogen-bond donors (Lipinski definition) is 2. The van der Waals surface area contributed by atoms with Gasteiger partial charge < -0.3 is 11.1 Å². The highest BCUT2D eigenvalue weighted by molar-refractivity contribution is 9.10. The molecule has 0 bridgehead atoms. The molecular weight excluding hydrogens is 282 g/mol. The molecular formula is C12H14BrN3O. The zero-order valence-corrected chi connectivity index (χ0v) is 11.1. The molecule has 1 rings (SSSR count). The second-order valence-electron chi connectivity index (χ2n) is 3.73. The van der Waals surface area contributed by atoms with Crippen LogP contribution in [0.15, 0.2) is 22.7 Å². The van der Waals surface area contributed by atoms with Gasteiger partial charge in [0, 0.05) is 16.9 Å². The summed E-state index contributed by atoms with van der Waals surface area (Å²) < 4.78 is 0.690. The quantitative estimate of drug-likeness (QED) is 0.895. The highest BCUT2D eigenvalue weighted by Gasteiger charge is 2.09. The Labute approximate surface area is 109 Å². The molecule has 0 heterocycles. The first kappa shape index (κ1) is 13.7. The van der Waals surface area contributed by atoms with Crippen molar-refractivity contribution in [1.82, 2.24) is 0 Å². The van der Waals surface area contributed by atoms with Crippen LogP contribution in [0.2, 0.25) is 0 Å². The Kier molecular flexibility index (Phi) is 5.13. The standard InChI is InChI=1S/C12H14BrN3O/c1-2-9(15)6-12(17)16-11-4-3-8(7-14)5-10(11)13/h3-5,9H,2,6,15H2,1H3,(H,16,17). The van der Waals surface area contributed by atoms with Gasteiger partial charge in [-0.1, -0.05) is 6.92 Å². The monoisotopic (exact) mass is 295 g/mol. The van der Waals surface area contributed by atoms with E-state index < -0.39 is 0 Å². The SMILES string of the molecule is CCC(N)CC(=O)Nc1ccc(C#N)cc1Br. The Morgan fingerprint density at radius 1 is 1.65 bits per heavy atom. The Hall–Kier alpha value is -1.38. The highest BCUT2D eigenvalue weighted by Crippen LogP contribution is 2.23. The first-order valence-corrected chi connectivity index (χ1v) is 6.11. The predicted molar refractivity (Wildman–Crippen MR) is 70.4 cm³/mol. The number of benzene rings is 1. The van der Waals surface area contributed by atoms with Crippen molar-refractivity contribution in [3.8, 4) is 6.07 Å². The zero-order chi connectivity index (χ0) is 12.8. The molecule has 0 aromatic heterocycles. The average molecular weight is 296 g/mol. The number of nitrogens with one attached hydrogen (secondary N) is 1. The molecule has 0 aliphatic carbocycles. The number of nitriles is 1. The summed E-state index contributed by atoms with van der Waals surface area (Å²) in [6, 6.07) is 6.92. The summed E-state index contributed by atoms with van der Waals surface area (Å²) >= 11 is 3.30. The van der Waals surface area contributed by atoms with Gasteiger partial charge in [0.15, 0.2) is 0 Å². The van der Waals surface area contributed by atoms with Crippen molar-refractivity contribution in [2.75, 3.05) is 5.32 Å². The molecule has 1 aromatic carbocycles. The Balaban J connectivity index is 2.69. The van der Waals surface area contributed by atoms with E-state index in [2.05, 4.69) is 21.2 Å². The average Bonchev–Trinajstić information content (AvgIpc) is 2.31. The topological polar surface area (TPSA) is 78.9 Å². The molecule has 1 aromatic rings. The smallest absolute Gasteiger partial charge is 0.225 e. The molecule has 0 spiro atoms. The van der Waals surface area contributed by atoms with E-state index in [9.17, 15) is 4.79 Å². The van der Waals surface area contributed by atoms with Crippen LogP contribution in [0.4, 0.5) is 5.69 Å². The number of nitrogens with two attached hydrogens (primary N) is 1.